The van der Waals surface area contributed by atoms with Crippen LogP contribution in [0.15, 0.2) is 0 Å². The topological polar surface area (TPSA) is 74.6 Å². The number of anilines is 1. The Bertz CT molecular complexity index is 434. The van der Waals surface area contributed by atoms with Crippen LogP contribution in [0, 0.1) is 0 Å². The summed E-state index contributed by atoms with van der Waals surface area (Å²) < 4.78 is 5.29. The zero-order valence-corrected chi connectivity index (χ0v) is 12.4. The Morgan fingerprint density at radius 3 is 2.80 bits per heavy atom. The van der Waals surface area contributed by atoms with Crippen LogP contribution in [0.1, 0.15) is 13.3 Å². The minimum atomic E-state index is 0.148. The molecule has 0 aliphatic carbocycles. The summed E-state index contributed by atoms with van der Waals surface area (Å²) in [6.07, 6.45) is 0.993. The molecular weight excluding hydrogens is 282 g/mol. The highest BCUT2D eigenvalue weighted by Gasteiger charge is 2.18. The number of rotatable bonds is 5. The highest BCUT2D eigenvalue weighted by molar-refractivity contribution is 6.28. The van der Waals surface area contributed by atoms with Gasteiger partial charge in [-0.1, -0.05) is 0 Å². The van der Waals surface area contributed by atoms with Gasteiger partial charge in [-0.15, -0.1) is 0 Å². The van der Waals surface area contributed by atoms with E-state index in [0.717, 1.165) is 32.6 Å². The van der Waals surface area contributed by atoms with Gasteiger partial charge in [-0.2, -0.15) is 15.0 Å². The fourth-order valence-corrected chi connectivity index (χ4v) is 2.34. The van der Waals surface area contributed by atoms with Gasteiger partial charge in [0.05, 0.1) is 13.2 Å². The Morgan fingerprint density at radius 2 is 2.05 bits per heavy atom. The van der Waals surface area contributed by atoms with Crippen molar-refractivity contribution in [1.82, 2.24) is 19.9 Å². The average molecular weight is 302 g/mol. The third-order valence-corrected chi connectivity index (χ3v) is 3.31. The molecule has 0 bridgehead atoms. The summed E-state index contributed by atoms with van der Waals surface area (Å²) in [5, 5.41) is 9.15. The van der Waals surface area contributed by atoms with Gasteiger partial charge in [-0.25, -0.2) is 0 Å². The highest BCUT2D eigenvalue weighted by atomic mass is 35.5. The maximum Gasteiger partial charge on any atom is 0.322 e. The summed E-state index contributed by atoms with van der Waals surface area (Å²) in [4.78, 5) is 16.7. The molecule has 2 heterocycles. The predicted octanol–water partition coefficient (Wildman–Crippen LogP) is 0.428. The van der Waals surface area contributed by atoms with Gasteiger partial charge < -0.3 is 14.7 Å². The maximum absolute atomic E-state index is 9.00. The molecule has 20 heavy (non-hydrogen) atoms. The molecule has 1 aliphatic rings. The van der Waals surface area contributed by atoms with Crippen LogP contribution in [0.2, 0.25) is 5.28 Å². The molecule has 1 aliphatic heterocycles. The van der Waals surface area contributed by atoms with Gasteiger partial charge in [0.15, 0.2) is 0 Å². The Morgan fingerprint density at radius 1 is 1.20 bits per heavy atom. The molecule has 0 atom stereocenters. The Kier molecular flexibility index (Phi) is 5.75. The van der Waals surface area contributed by atoms with Gasteiger partial charge in [0.1, 0.15) is 0 Å². The van der Waals surface area contributed by atoms with Crippen molar-refractivity contribution in [2.75, 3.05) is 50.8 Å². The average Bonchev–Trinajstić information content (AvgIpc) is 2.65. The molecule has 2 rings (SSSR count). The van der Waals surface area contributed by atoms with Crippen LogP contribution in [0.4, 0.5) is 5.95 Å². The number of hydrogen-bond acceptors (Lipinski definition) is 7. The molecule has 0 amide bonds. The highest BCUT2D eigenvalue weighted by Crippen LogP contribution is 2.16. The van der Waals surface area contributed by atoms with E-state index in [0.29, 0.717) is 19.1 Å². The van der Waals surface area contributed by atoms with Crippen LogP contribution >= 0.6 is 11.6 Å². The number of aliphatic hydroxyl groups is 1. The molecule has 1 fully saturated rings. The molecular formula is C12H20ClN5O2. The number of halogens is 1. The summed E-state index contributed by atoms with van der Waals surface area (Å²) in [5.41, 5.74) is 0. The lowest BCUT2D eigenvalue weighted by Crippen LogP contribution is -2.33. The first-order valence-electron chi connectivity index (χ1n) is 6.85. The third-order valence-electron chi connectivity index (χ3n) is 3.14. The summed E-state index contributed by atoms with van der Waals surface area (Å²) in [6.45, 7) is 6.74. The first-order valence-corrected chi connectivity index (χ1v) is 7.23. The Hall–Kier alpha value is -1.18. The smallest absolute Gasteiger partial charge is 0.322 e. The second-order valence-corrected chi connectivity index (χ2v) is 4.86. The van der Waals surface area contributed by atoms with Crippen LogP contribution in [0.5, 0.6) is 6.01 Å². The summed E-state index contributed by atoms with van der Waals surface area (Å²) >= 11 is 5.91. The molecule has 0 spiro atoms. The van der Waals surface area contributed by atoms with E-state index in [4.69, 9.17) is 21.4 Å². The molecule has 1 aromatic rings. The van der Waals surface area contributed by atoms with Crippen molar-refractivity contribution in [2.45, 2.75) is 13.3 Å². The number of aromatic nitrogens is 3. The predicted molar refractivity (Wildman–Crippen MR) is 76.4 cm³/mol. The van der Waals surface area contributed by atoms with Crippen molar-refractivity contribution in [3.05, 3.63) is 5.28 Å². The van der Waals surface area contributed by atoms with Gasteiger partial charge >= 0.3 is 6.01 Å². The zero-order valence-electron chi connectivity index (χ0n) is 11.6. The van der Waals surface area contributed by atoms with Crippen molar-refractivity contribution in [1.29, 1.82) is 0 Å². The van der Waals surface area contributed by atoms with Crippen LogP contribution in [0.3, 0.4) is 0 Å². The van der Waals surface area contributed by atoms with Crippen LogP contribution < -0.4 is 9.64 Å². The Balaban J connectivity index is 2.07. The minimum Gasteiger partial charge on any atom is -0.464 e. The largest absolute Gasteiger partial charge is 0.464 e. The molecule has 1 aromatic heterocycles. The molecule has 8 heteroatoms. The normalized spacial score (nSPS) is 17.1. The van der Waals surface area contributed by atoms with E-state index in [9.17, 15) is 0 Å². The van der Waals surface area contributed by atoms with Crippen molar-refractivity contribution < 1.29 is 9.84 Å². The molecule has 0 unspecified atom stereocenters. The zero-order chi connectivity index (χ0) is 14.4. The van der Waals surface area contributed by atoms with Crippen LogP contribution in [-0.2, 0) is 0 Å². The molecule has 0 saturated carbocycles. The number of hydrogen-bond donors (Lipinski definition) is 1. The number of aliphatic hydroxyl groups excluding tert-OH is 1. The van der Waals surface area contributed by atoms with E-state index in [1.807, 2.05) is 6.92 Å². The van der Waals surface area contributed by atoms with E-state index in [-0.39, 0.29) is 17.9 Å². The third kappa shape index (κ3) is 4.16. The van der Waals surface area contributed by atoms with E-state index in [2.05, 4.69) is 24.8 Å². The molecule has 0 radical (unpaired) electrons. The lowest BCUT2D eigenvalue weighted by atomic mass is 10.4. The molecule has 1 saturated heterocycles. The molecule has 0 aromatic carbocycles. The summed E-state index contributed by atoms with van der Waals surface area (Å²) in [6, 6.07) is 0.263. The summed E-state index contributed by atoms with van der Waals surface area (Å²) in [7, 11) is 0. The minimum absolute atomic E-state index is 0.148. The van der Waals surface area contributed by atoms with Crippen molar-refractivity contribution in [3.63, 3.8) is 0 Å². The standard InChI is InChI=1S/C12H20ClN5O2/c1-2-20-12-15-10(13)14-11(16-12)18-5-3-4-17(6-7-18)8-9-19/h19H,2-9H2,1H3. The van der Waals surface area contributed by atoms with E-state index >= 15 is 0 Å². The first-order chi connectivity index (χ1) is 9.72. The van der Waals surface area contributed by atoms with Crippen molar-refractivity contribution in [3.8, 4) is 6.01 Å². The second kappa shape index (κ2) is 7.56. The molecule has 112 valence electrons. The van der Waals surface area contributed by atoms with Gasteiger partial charge in [-0.05, 0) is 31.5 Å². The Labute approximate surface area is 123 Å². The monoisotopic (exact) mass is 301 g/mol. The molecule has 7 nitrogen and oxygen atoms in total. The van der Waals surface area contributed by atoms with Crippen molar-refractivity contribution in [2.24, 2.45) is 0 Å². The lowest BCUT2D eigenvalue weighted by molar-refractivity contribution is 0.204. The fraction of sp³-hybridized carbons (Fsp3) is 0.750. The van der Waals surface area contributed by atoms with E-state index in [1.54, 1.807) is 0 Å². The number of nitrogens with zero attached hydrogens (tertiary/aromatic N) is 5. The van der Waals surface area contributed by atoms with Gasteiger partial charge in [0.25, 0.3) is 0 Å². The quantitative estimate of drug-likeness (QED) is 0.845. The van der Waals surface area contributed by atoms with Gasteiger partial charge in [0, 0.05) is 26.2 Å². The van der Waals surface area contributed by atoms with Crippen molar-refractivity contribution >= 4 is 17.5 Å². The fourth-order valence-electron chi connectivity index (χ4n) is 2.19. The number of β-amino-alcohol motifs (C(OH)–C–C–N with tert-alkyl or cyclic N) is 1. The molecule has 1 N–H and O–H groups in total. The summed E-state index contributed by atoms with van der Waals surface area (Å²) in [5.74, 6) is 0.555. The van der Waals surface area contributed by atoms with Gasteiger partial charge in [-0.3, -0.25) is 4.90 Å². The SMILES string of the molecule is CCOc1nc(Cl)nc(N2CCCN(CCO)CC2)n1. The van der Waals surface area contributed by atoms with Gasteiger partial charge in [0.2, 0.25) is 11.2 Å². The van der Waals surface area contributed by atoms with E-state index < -0.39 is 0 Å². The lowest BCUT2D eigenvalue weighted by Gasteiger charge is -2.21. The van der Waals surface area contributed by atoms with Crippen LogP contribution in [0.25, 0.3) is 0 Å². The second-order valence-electron chi connectivity index (χ2n) is 4.53. The maximum atomic E-state index is 9.00. The van der Waals surface area contributed by atoms with Crippen LogP contribution in [-0.4, -0.2) is 70.9 Å². The number of ether oxygens (including phenoxy) is 1. The first kappa shape index (κ1) is 15.2. The van der Waals surface area contributed by atoms with E-state index in [1.165, 1.54) is 0 Å².